The number of fused-ring (bicyclic) bond motifs is 1. The third-order valence-electron chi connectivity index (χ3n) is 4.19. The van der Waals surface area contributed by atoms with E-state index in [1.807, 2.05) is 0 Å². The van der Waals surface area contributed by atoms with Gasteiger partial charge in [-0.05, 0) is 39.2 Å². The molecular formula is C13H23N3O4. The minimum Gasteiger partial charge on any atom is -0.480 e. The van der Waals surface area contributed by atoms with Gasteiger partial charge in [0.25, 0.3) is 0 Å². The van der Waals surface area contributed by atoms with Gasteiger partial charge in [-0.2, -0.15) is 0 Å². The fourth-order valence-electron chi connectivity index (χ4n) is 3.11. The summed E-state index contributed by atoms with van der Waals surface area (Å²) < 4.78 is 0. The lowest BCUT2D eigenvalue weighted by Crippen LogP contribution is -2.55. The van der Waals surface area contributed by atoms with Gasteiger partial charge in [-0.25, -0.2) is 9.59 Å². The normalized spacial score (nSPS) is 29.3. The van der Waals surface area contributed by atoms with Crippen molar-refractivity contribution in [3.8, 4) is 0 Å². The third kappa shape index (κ3) is 3.61. The lowest BCUT2D eigenvalue weighted by Gasteiger charge is -2.35. The van der Waals surface area contributed by atoms with Crippen LogP contribution in [0.4, 0.5) is 4.79 Å². The highest BCUT2D eigenvalue weighted by Gasteiger charge is 2.33. The molecule has 2 aliphatic heterocycles. The Balaban J connectivity index is 1.80. The van der Waals surface area contributed by atoms with Crippen LogP contribution in [-0.2, 0) is 4.79 Å². The Morgan fingerprint density at radius 3 is 2.70 bits per heavy atom. The first-order valence-corrected chi connectivity index (χ1v) is 7.19. The number of carboxylic acids is 1. The molecule has 0 aromatic carbocycles. The molecule has 0 radical (unpaired) electrons. The van der Waals surface area contributed by atoms with Gasteiger partial charge < -0.3 is 25.7 Å². The van der Waals surface area contributed by atoms with Crippen LogP contribution in [0.2, 0.25) is 0 Å². The van der Waals surface area contributed by atoms with Gasteiger partial charge in [0.2, 0.25) is 0 Å². The average Bonchev–Trinajstić information content (AvgIpc) is 2.82. The number of nitrogens with one attached hydrogen (secondary N) is 2. The summed E-state index contributed by atoms with van der Waals surface area (Å²) in [6, 6.07) is -1.17. The molecule has 2 fully saturated rings. The maximum Gasteiger partial charge on any atom is 0.328 e. The summed E-state index contributed by atoms with van der Waals surface area (Å²) in [6.07, 6.45) is 3.06. The summed E-state index contributed by atoms with van der Waals surface area (Å²) in [5.41, 5.74) is 0. The Morgan fingerprint density at radius 1 is 1.30 bits per heavy atom. The van der Waals surface area contributed by atoms with E-state index in [2.05, 4.69) is 15.5 Å². The lowest BCUT2D eigenvalue weighted by atomic mass is 9.98. The van der Waals surface area contributed by atoms with Crippen molar-refractivity contribution in [1.82, 2.24) is 15.5 Å². The van der Waals surface area contributed by atoms with Crippen LogP contribution in [0.5, 0.6) is 0 Å². The second kappa shape index (κ2) is 6.41. The van der Waals surface area contributed by atoms with Crippen LogP contribution in [0.1, 0.15) is 32.6 Å². The van der Waals surface area contributed by atoms with Crippen molar-refractivity contribution in [3.05, 3.63) is 0 Å². The zero-order chi connectivity index (χ0) is 14.7. The van der Waals surface area contributed by atoms with E-state index in [0.29, 0.717) is 6.04 Å². The molecule has 4 atom stereocenters. The summed E-state index contributed by atoms with van der Waals surface area (Å²) in [4.78, 5) is 25.2. The van der Waals surface area contributed by atoms with E-state index in [1.54, 1.807) is 0 Å². The number of aliphatic carboxylic acids is 1. The molecule has 7 nitrogen and oxygen atoms in total. The summed E-state index contributed by atoms with van der Waals surface area (Å²) >= 11 is 0. The van der Waals surface area contributed by atoms with Crippen LogP contribution in [0.3, 0.4) is 0 Å². The number of rotatable bonds is 4. The van der Waals surface area contributed by atoms with Crippen LogP contribution in [-0.4, -0.2) is 64.4 Å². The molecule has 0 aromatic rings. The van der Waals surface area contributed by atoms with Gasteiger partial charge in [-0.1, -0.05) is 0 Å². The van der Waals surface area contributed by atoms with E-state index in [1.165, 1.54) is 19.8 Å². The van der Waals surface area contributed by atoms with Crippen molar-refractivity contribution >= 4 is 12.0 Å². The molecule has 0 saturated carbocycles. The summed E-state index contributed by atoms with van der Waals surface area (Å²) in [5, 5.41) is 23.4. The van der Waals surface area contributed by atoms with Crippen LogP contribution in [0, 0.1) is 0 Å². The van der Waals surface area contributed by atoms with E-state index in [4.69, 9.17) is 5.11 Å². The number of urea groups is 1. The van der Waals surface area contributed by atoms with Crippen molar-refractivity contribution in [3.63, 3.8) is 0 Å². The van der Waals surface area contributed by atoms with Crippen LogP contribution < -0.4 is 10.6 Å². The zero-order valence-electron chi connectivity index (χ0n) is 11.7. The summed E-state index contributed by atoms with van der Waals surface area (Å²) in [5.74, 6) is -1.24. The molecule has 0 spiro atoms. The third-order valence-corrected chi connectivity index (χ3v) is 4.19. The van der Waals surface area contributed by atoms with Crippen LogP contribution in [0.15, 0.2) is 0 Å². The van der Waals surface area contributed by atoms with Crippen molar-refractivity contribution in [2.45, 2.75) is 56.8 Å². The van der Waals surface area contributed by atoms with Gasteiger partial charge in [-0.15, -0.1) is 0 Å². The molecule has 2 heterocycles. The Bertz CT molecular complexity index is 375. The molecular weight excluding hydrogens is 262 g/mol. The number of nitrogens with zero attached hydrogens (tertiary/aromatic N) is 1. The average molecular weight is 285 g/mol. The summed E-state index contributed by atoms with van der Waals surface area (Å²) in [7, 11) is 0. The standard InChI is InChI=1S/C13H23N3O4/c1-8(17)11(12(18)19)15-13(20)14-9-4-6-16-5-2-3-10(16)7-9/h8-11,17H,2-7H2,1H3,(H,18,19)(H2,14,15,20). The largest absolute Gasteiger partial charge is 0.480 e. The zero-order valence-corrected chi connectivity index (χ0v) is 11.7. The van der Waals surface area contributed by atoms with E-state index in [0.717, 1.165) is 25.9 Å². The van der Waals surface area contributed by atoms with Gasteiger partial charge in [0.05, 0.1) is 6.10 Å². The molecule has 114 valence electrons. The molecule has 0 bridgehead atoms. The van der Waals surface area contributed by atoms with Crippen molar-refractivity contribution in [1.29, 1.82) is 0 Å². The van der Waals surface area contributed by atoms with Crippen molar-refractivity contribution in [2.75, 3.05) is 13.1 Å². The molecule has 2 rings (SSSR count). The number of hydrogen-bond acceptors (Lipinski definition) is 4. The number of carbonyl (C=O) groups excluding carboxylic acids is 1. The van der Waals surface area contributed by atoms with Gasteiger partial charge in [0.1, 0.15) is 0 Å². The number of aliphatic hydroxyl groups is 1. The quantitative estimate of drug-likeness (QED) is 0.570. The first-order chi connectivity index (χ1) is 9.47. The fourth-order valence-corrected chi connectivity index (χ4v) is 3.11. The topological polar surface area (TPSA) is 102 Å². The van der Waals surface area contributed by atoms with E-state index < -0.39 is 24.1 Å². The van der Waals surface area contributed by atoms with E-state index in [9.17, 15) is 14.7 Å². The summed E-state index contributed by atoms with van der Waals surface area (Å²) in [6.45, 7) is 3.47. The molecule has 2 amide bonds. The fraction of sp³-hybridized carbons (Fsp3) is 0.846. The van der Waals surface area contributed by atoms with Gasteiger partial charge >= 0.3 is 12.0 Å². The van der Waals surface area contributed by atoms with Gasteiger partial charge in [-0.3, -0.25) is 0 Å². The van der Waals surface area contributed by atoms with Gasteiger partial charge in [0.15, 0.2) is 6.04 Å². The second-order valence-corrected chi connectivity index (χ2v) is 5.73. The van der Waals surface area contributed by atoms with E-state index in [-0.39, 0.29) is 6.04 Å². The van der Waals surface area contributed by atoms with Crippen molar-refractivity contribution in [2.24, 2.45) is 0 Å². The highest BCUT2D eigenvalue weighted by Crippen LogP contribution is 2.26. The monoisotopic (exact) mass is 285 g/mol. The maximum atomic E-state index is 11.8. The predicted molar refractivity (Wildman–Crippen MR) is 72.4 cm³/mol. The van der Waals surface area contributed by atoms with Crippen LogP contribution in [0.25, 0.3) is 0 Å². The maximum absolute atomic E-state index is 11.8. The Kier molecular flexibility index (Phi) is 4.82. The molecule has 2 aliphatic rings. The lowest BCUT2D eigenvalue weighted by molar-refractivity contribution is -0.141. The minimum atomic E-state index is -1.28. The highest BCUT2D eigenvalue weighted by molar-refractivity contribution is 5.83. The highest BCUT2D eigenvalue weighted by atomic mass is 16.4. The molecule has 7 heteroatoms. The number of carboxylic acid groups (broad SMARTS) is 1. The van der Waals surface area contributed by atoms with Crippen LogP contribution >= 0.6 is 0 Å². The first-order valence-electron chi connectivity index (χ1n) is 7.19. The number of carbonyl (C=O) groups is 2. The minimum absolute atomic E-state index is 0.0813. The van der Waals surface area contributed by atoms with E-state index >= 15 is 0 Å². The molecule has 0 aliphatic carbocycles. The smallest absolute Gasteiger partial charge is 0.328 e. The molecule has 2 saturated heterocycles. The van der Waals surface area contributed by atoms with Crippen molar-refractivity contribution < 1.29 is 19.8 Å². The Labute approximate surface area is 118 Å². The SMILES string of the molecule is CC(O)C(NC(=O)NC1CCN2CCCC2C1)C(=O)O. The molecule has 4 unspecified atom stereocenters. The number of piperidine rings is 1. The first kappa shape index (κ1) is 15.1. The Morgan fingerprint density at radius 2 is 2.05 bits per heavy atom. The number of hydrogen-bond donors (Lipinski definition) is 4. The molecule has 0 aromatic heterocycles. The second-order valence-electron chi connectivity index (χ2n) is 5.73. The molecule has 4 N–H and O–H groups in total. The molecule has 20 heavy (non-hydrogen) atoms. The Hall–Kier alpha value is -1.34. The number of amides is 2. The number of aliphatic hydroxyl groups excluding tert-OH is 1. The van der Waals surface area contributed by atoms with Gasteiger partial charge in [0, 0.05) is 18.6 Å². The predicted octanol–water partition coefficient (Wildman–Crippen LogP) is -0.254.